The van der Waals surface area contributed by atoms with Crippen LogP contribution < -0.4 is 0 Å². The quantitative estimate of drug-likeness (QED) is 0.0773. The van der Waals surface area contributed by atoms with E-state index in [9.17, 15) is 0 Å². The molecule has 2 aliphatic carbocycles. The Kier molecular flexibility index (Phi) is 9.12. The average molecular weight is 643 g/mol. The maximum atomic E-state index is 15.6. The molecule has 0 heterocycles. The van der Waals surface area contributed by atoms with Crippen molar-refractivity contribution in [2.24, 2.45) is 5.41 Å². The van der Waals surface area contributed by atoms with Crippen LogP contribution in [0.3, 0.4) is 0 Å². The van der Waals surface area contributed by atoms with Crippen LogP contribution in [0.1, 0.15) is 71.4 Å². The Hall–Kier alpha value is -5.12. The number of carbonyl (C=O) groups excluding carboxylic acids is 2. The maximum absolute atomic E-state index is 15.6. The minimum Gasteiger partial charge on any atom is -0.362 e. The van der Waals surface area contributed by atoms with Gasteiger partial charge in [0.2, 0.25) is 0 Å². The highest BCUT2D eigenvalue weighted by Crippen LogP contribution is 2.61. The molecule has 0 aliphatic heterocycles. The predicted octanol–water partition coefficient (Wildman–Crippen LogP) is 9.93. The number of hydrogen-bond acceptors (Lipinski definition) is 3. The third-order valence-corrected chi connectivity index (χ3v) is 10.4. The molecule has 0 aromatic heterocycles. The monoisotopic (exact) mass is 642 g/mol. The summed E-state index contributed by atoms with van der Waals surface area (Å²) >= 11 is 0. The number of fused-ring (bicyclic) bond motifs is 2. The zero-order chi connectivity index (χ0) is 33.8. The fraction of sp³-hybridized carbons (Fsp3) is 0.217. The summed E-state index contributed by atoms with van der Waals surface area (Å²) in [6.45, 7) is 2.21. The fourth-order valence-corrected chi connectivity index (χ4v) is 8.07. The highest BCUT2D eigenvalue weighted by Gasteiger charge is 2.68. The molecule has 0 N–H and O–H groups in total. The normalized spacial score (nSPS) is 20.1. The van der Waals surface area contributed by atoms with Gasteiger partial charge in [0.1, 0.15) is 5.41 Å². The molecule has 2 bridgehead atoms. The van der Waals surface area contributed by atoms with E-state index in [-0.39, 0.29) is 17.5 Å². The summed E-state index contributed by atoms with van der Waals surface area (Å²) in [4.78, 5) is 31.1. The number of Topliss-reactive ketones (excluding diaryl/α,β-unsaturated/α-hetero) is 2. The Labute approximate surface area is 290 Å². The van der Waals surface area contributed by atoms with Crippen LogP contribution in [-0.4, -0.2) is 24.3 Å². The van der Waals surface area contributed by atoms with Crippen LogP contribution in [0.4, 0.5) is 0 Å². The van der Waals surface area contributed by atoms with E-state index in [2.05, 4.69) is 43.3 Å². The molecule has 244 valence electrons. The number of unbranched alkanes of at least 4 members (excludes halogenated alkanes) is 2. The van der Waals surface area contributed by atoms with Crippen molar-refractivity contribution in [2.45, 2.75) is 50.0 Å². The van der Waals surface area contributed by atoms with Crippen LogP contribution in [0.5, 0.6) is 0 Å². The molecule has 5 aromatic carbocycles. The molecule has 2 aliphatic rings. The zero-order valence-electron chi connectivity index (χ0n) is 28.2. The standard InChI is InChI=1S/C46H42O3/c1-3-4-9-18-33-27-29-34(30-28-33)39-31-46(49-2)40(41(35-19-10-5-11-20-35)36-21-12-6-13-22-36)32-45(43(39)47,44(46)48)42(37-23-14-7-15-24-37)38-25-16-8-17-26-38/h5-8,10-17,19-32,41-42H,3-4,9,18H2,1-2H3. The van der Waals surface area contributed by atoms with Crippen molar-refractivity contribution in [2.75, 3.05) is 7.11 Å². The Balaban J connectivity index is 1.51. The van der Waals surface area contributed by atoms with Crippen molar-refractivity contribution in [3.05, 3.63) is 197 Å². The molecule has 49 heavy (non-hydrogen) atoms. The second-order valence-corrected chi connectivity index (χ2v) is 13.3. The van der Waals surface area contributed by atoms with Crippen molar-refractivity contribution in [3.8, 4) is 0 Å². The molecule has 2 unspecified atom stereocenters. The number of hydrogen-bond donors (Lipinski definition) is 0. The number of methoxy groups -OCH3 is 1. The van der Waals surface area contributed by atoms with Gasteiger partial charge in [-0.15, -0.1) is 0 Å². The van der Waals surface area contributed by atoms with Crippen molar-refractivity contribution in [3.63, 3.8) is 0 Å². The van der Waals surface area contributed by atoms with E-state index < -0.39 is 16.9 Å². The number of carbonyl (C=O) groups is 2. The molecule has 0 spiro atoms. The lowest BCUT2D eigenvalue weighted by Gasteiger charge is -2.41. The topological polar surface area (TPSA) is 43.4 Å². The van der Waals surface area contributed by atoms with Gasteiger partial charge in [-0.1, -0.05) is 171 Å². The van der Waals surface area contributed by atoms with Gasteiger partial charge >= 0.3 is 0 Å². The molecule has 3 heteroatoms. The number of ketones is 2. The molecule has 5 aromatic rings. The Morgan fingerprint density at radius 3 is 1.55 bits per heavy atom. The molecule has 3 nitrogen and oxygen atoms in total. The molecule has 0 fully saturated rings. The SMILES string of the molecule is CCCCCc1ccc(C2=CC3(OC)C(=O)C(C(c4ccccc4)c4ccccc4)(C=C3C(c3ccccc3)c3ccccc3)C2=O)cc1. The van der Waals surface area contributed by atoms with E-state index in [1.807, 2.05) is 121 Å². The van der Waals surface area contributed by atoms with Crippen molar-refractivity contribution < 1.29 is 14.3 Å². The summed E-state index contributed by atoms with van der Waals surface area (Å²) in [5, 5.41) is 0. The number of benzene rings is 5. The Morgan fingerprint density at radius 1 is 0.592 bits per heavy atom. The molecule has 0 radical (unpaired) electrons. The van der Waals surface area contributed by atoms with Crippen LogP contribution in [0.15, 0.2) is 163 Å². The lowest BCUT2D eigenvalue weighted by Crippen LogP contribution is -2.54. The van der Waals surface area contributed by atoms with E-state index in [0.29, 0.717) is 5.57 Å². The smallest absolute Gasteiger partial charge is 0.191 e. The van der Waals surface area contributed by atoms with Gasteiger partial charge < -0.3 is 4.74 Å². The maximum Gasteiger partial charge on any atom is 0.191 e. The van der Waals surface area contributed by atoms with Crippen molar-refractivity contribution in [1.82, 2.24) is 0 Å². The second kappa shape index (κ2) is 13.8. The molecule has 0 amide bonds. The van der Waals surface area contributed by atoms with Gasteiger partial charge in [0.15, 0.2) is 17.2 Å². The van der Waals surface area contributed by atoms with Gasteiger partial charge in [0, 0.05) is 24.5 Å². The molecule has 2 atom stereocenters. The van der Waals surface area contributed by atoms with E-state index in [1.54, 1.807) is 7.11 Å². The average Bonchev–Trinajstić information content (AvgIpc) is 3.33. The van der Waals surface area contributed by atoms with Gasteiger partial charge in [-0.25, -0.2) is 0 Å². The first kappa shape index (κ1) is 32.4. The van der Waals surface area contributed by atoms with Crippen molar-refractivity contribution >= 4 is 17.1 Å². The highest BCUT2D eigenvalue weighted by molar-refractivity contribution is 6.37. The summed E-state index contributed by atoms with van der Waals surface area (Å²) < 4.78 is 6.51. The van der Waals surface area contributed by atoms with E-state index in [1.165, 1.54) is 18.4 Å². The summed E-state index contributed by atoms with van der Waals surface area (Å²) in [5.41, 5.74) is 4.17. The van der Waals surface area contributed by atoms with Crippen LogP contribution >= 0.6 is 0 Å². The minimum absolute atomic E-state index is 0.198. The highest BCUT2D eigenvalue weighted by atomic mass is 16.5. The van der Waals surface area contributed by atoms with E-state index in [4.69, 9.17) is 4.74 Å². The second-order valence-electron chi connectivity index (χ2n) is 13.3. The molecular formula is C46H42O3. The van der Waals surface area contributed by atoms with Gasteiger partial charge in [-0.2, -0.15) is 0 Å². The Morgan fingerprint density at radius 2 is 1.08 bits per heavy atom. The van der Waals surface area contributed by atoms with Gasteiger partial charge in [0.05, 0.1) is 0 Å². The molecular weight excluding hydrogens is 601 g/mol. The fourth-order valence-electron chi connectivity index (χ4n) is 8.07. The van der Waals surface area contributed by atoms with E-state index >= 15 is 9.59 Å². The third-order valence-electron chi connectivity index (χ3n) is 10.4. The summed E-state index contributed by atoms with van der Waals surface area (Å²) in [6, 6.07) is 48.8. The third kappa shape index (κ3) is 5.62. The van der Waals surface area contributed by atoms with Gasteiger partial charge in [-0.05, 0) is 57.9 Å². The summed E-state index contributed by atoms with van der Waals surface area (Å²) in [7, 11) is 1.61. The van der Waals surface area contributed by atoms with Gasteiger partial charge in [0.25, 0.3) is 0 Å². The van der Waals surface area contributed by atoms with Crippen molar-refractivity contribution in [1.29, 1.82) is 0 Å². The molecule has 0 saturated carbocycles. The lowest BCUT2D eigenvalue weighted by atomic mass is 9.59. The summed E-state index contributed by atoms with van der Waals surface area (Å²) in [6.07, 6.45) is 8.31. The van der Waals surface area contributed by atoms with Crippen LogP contribution in [0.2, 0.25) is 0 Å². The summed E-state index contributed by atoms with van der Waals surface area (Å²) in [5.74, 6) is -1.34. The largest absolute Gasteiger partial charge is 0.362 e. The number of allylic oxidation sites excluding steroid dienone is 2. The number of rotatable bonds is 12. The number of ether oxygens (including phenoxy) is 1. The van der Waals surface area contributed by atoms with Crippen LogP contribution in [0.25, 0.3) is 5.57 Å². The lowest BCUT2D eigenvalue weighted by molar-refractivity contribution is -0.145. The first-order chi connectivity index (χ1) is 24.0. The molecule has 0 saturated heterocycles. The van der Waals surface area contributed by atoms with E-state index in [0.717, 1.165) is 46.2 Å². The van der Waals surface area contributed by atoms with Gasteiger partial charge in [-0.3, -0.25) is 9.59 Å². The molecule has 7 rings (SSSR count). The number of aryl methyl sites for hydroxylation is 1. The zero-order valence-corrected chi connectivity index (χ0v) is 28.2. The predicted molar refractivity (Wildman–Crippen MR) is 197 cm³/mol. The first-order valence-electron chi connectivity index (χ1n) is 17.4. The Bertz CT molecular complexity index is 1900. The minimum atomic E-state index is -1.56. The van der Waals surface area contributed by atoms with Crippen LogP contribution in [0, 0.1) is 5.41 Å². The first-order valence-corrected chi connectivity index (χ1v) is 17.4. The van der Waals surface area contributed by atoms with Crippen LogP contribution in [-0.2, 0) is 20.7 Å².